The normalized spacial score (nSPS) is 19.0. The monoisotopic (exact) mass is 404 g/mol. The summed E-state index contributed by atoms with van der Waals surface area (Å²) in [4.78, 5) is 0. The minimum absolute atomic E-state index is 0.131. The molecular formula is C18H20N12. The number of nitrogens with zero attached hydrogens (tertiary/aromatic N) is 6. The Kier molecular flexibility index (Phi) is 4.72. The first kappa shape index (κ1) is 18.9. The zero-order valence-electron chi connectivity index (χ0n) is 15.8. The number of azo groups is 2. The smallest absolute Gasteiger partial charge is 0.213 e. The van der Waals surface area contributed by atoms with Crippen molar-refractivity contribution in [1.82, 2.24) is 20.4 Å². The molecule has 1 aliphatic rings. The van der Waals surface area contributed by atoms with E-state index in [2.05, 4.69) is 40.9 Å². The van der Waals surface area contributed by atoms with Crippen molar-refractivity contribution in [2.24, 2.45) is 20.5 Å². The summed E-state index contributed by atoms with van der Waals surface area (Å²) < 4.78 is 0. The molecule has 0 amide bonds. The minimum atomic E-state index is -1.15. The van der Waals surface area contributed by atoms with Crippen molar-refractivity contribution in [3.63, 3.8) is 0 Å². The van der Waals surface area contributed by atoms with Crippen LogP contribution in [0.25, 0.3) is 5.57 Å². The van der Waals surface area contributed by atoms with Gasteiger partial charge < -0.3 is 22.9 Å². The molecule has 10 N–H and O–H groups in total. The lowest BCUT2D eigenvalue weighted by atomic mass is 9.94. The molecular weight excluding hydrogens is 384 g/mol. The number of allylic oxidation sites excluding steroid dienone is 2. The second kappa shape index (κ2) is 7.50. The second-order valence-electron chi connectivity index (χ2n) is 6.58. The van der Waals surface area contributed by atoms with Crippen molar-refractivity contribution in [3.05, 3.63) is 54.1 Å². The molecule has 0 spiro atoms. The fourth-order valence-corrected chi connectivity index (χ4v) is 2.84. The fourth-order valence-electron chi connectivity index (χ4n) is 2.84. The highest BCUT2D eigenvalue weighted by atomic mass is 15.3. The van der Waals surface area contributed by atoms with Crippen molar-refractivity contribution in [1.29, 1.82) is 0 Å². The Morgan fingerprint density at radius 2 is 1.40 bits per heavy atom. The van der Waals surface area contributed by atoms with Gasteiger partial charge >= 0.3 is 0 Å². The van der Waals surface area contributed by atoms with Gasteiger partial charge in [0.2, 0.25) is 5.66 Å². The predicted molar refractivity (Wildman–Crippen MR) is 115 cm³/mol. The first-order valence-corrected chi connectivity index (χ1v) is 8.97. The standard InChI is InChI=1S/C18H20N12/c19-14-12(15(20)26-25-14)23-29-18(30-24-13-16(21)27-28-17(13)22)8-6-11(7-9-18)10-4-2-1-3-5-10/h1-8H,9H2,(H5,19,20,25,26)(H5,21,22,27,28). The maximum atomic E-state index is 5.81. The Morgan fingerprint density at radius 1 is 0.833 bits per heavy atom. The molecule has 2 heterocycles. The Balaban J connectivity index is 1.69. The van der Waals surface area contributed by atoms with Crippen LogP contribution in [0.2, 0.25) is 0 Å². The van der Waals surface area contributed by atoms with Crippen LogP contribution in [0.15, 0.2) is 69.0 Å². The third-order valence-electron chi connectivity index (χ3n) is 4.49. The zero-order chi connectivity index (χ0) is 21.1. The average molecular weight is 404 g/mol. The van der Waals surface area contributed by atoms with Crippen LogP contribution < -0.4 is 22.9 Å². The molecule has 0 unspecified atom stereocenters. The highest BCUT2D eigenvalue weighted by Crippen LogP contribution is 2.36. The van der Waals surface area contributed by atoms with Gasteiger partial charge in [-0.2, -0.15) is 20.4 Å². The van der Waals surface area contributed by atoms with Gasteiger partial charge in [0.15, 0.2) is 23.0 Å². The average Bonchev–Trinajstić information content (AvgIpc) is 3.26. The van der Waals surface area contributed by atoms with E-state index in [-0.39, 0.29) is 34.6 Å². The van der Waals surface area contributed by atoms with E-state index in [4.69, 9.17) is 22.9 Å². The summed E-state index contributed by atoms with van der Waals surface area (Å²) in [6, 6.07) is 9.95. The van der Waals surface area contributed by atoms with Gasteiger partial charge in [0, 0.05) is 6.42 Å². The van der Waals surface area contributed by atoms with E-state index in [0.717, 1.165) is 11.1 Å². The minimum Gasteiger partial charge on any atom is -0.382 e. The Bertz CT molecular complexity index is 1070. The molecule has 1 aromatic carbocycles. The van der Waals surface area contributed by atoms with Crippen molar-refractivity contribution >= 4 is 40.2 Å². The number of nitrogens with two attached hydrogens (primary N) is 4. The molecule has 0 bridgehead atoms. The van der Waals surface area contributed by atoms with E-state index in [0.29, 0.717) is 6.42 Å². The van der Waals surface area contributed by atoms with Crippen LogP contribution in [0.1, 0.15) is 12.0 Å². The van der Waals surface area contributed by atoms with Gasteiger partial charge in [-0.15, -0.1) is 10.2 Å². The van der Waals surface area contributed by atoms with Crippen LogP contribution in [0, 0.1) is 0 Å². The van der Waals surface area contributed by atoms with Crippen molar-refractivity contribution in [2.45, 2.75) is 12.1 Å². The molecule has 30 heavy (non-hydrogen) atoms. The zero-order valence-corrected chi connectivity index (χ0v) is 15.8. The summed E-state index contributed by atoms with van der Waals surface area (Å²) in [7, 11) is 0. The number of nitrogens with one attached hydrogen (secondary N) is 2. The number of anilines is 4. The number of H-pyrrole nitrogens is 2. The molecule has 12 heteroatoms. The first-order valence-electron chi connectivity index (χ1n) is 8.97. The molecule has 0 atom stereocenters. The third kappa shape index (κ3) is 3.61. The SMILES string of the molecule is Nc1n[nH]c(N)c1N=NC1(N=Nc2c(N)n[nH]c2N)C=CC(c2ccccc2)=CC1. The maximum absolute atomic E-state index is 5.81. The molecule has 0 fully saturated rings. The topological polar surface area (TPSA) is 211 Å². The van der Waals surface area contributed by atoms with Gasteiger partial charge in [-0.3, -0.25) is 10.2 Å². The van der Waals surface area contributed by atoms with Crippen LogP contribution in [-0.4, -0.2) is 26.1 Å². The van der Waals surface area contributed by atoms with Crippen molar-refractivity contribution < 1.29 is 0 Å². The van der Waals surface area contributed by atoms with Crippen molar-refractivity contribution in [2.75, 3.05) is 22.9 Å². The van der Waals surface area contributed by atoms with Crippen LogP contribution in [0.4, 0.5) is 34.6 Å². The second-order valence-corrected chi connectivity index (χ2v) is 6.58. The molecule has 3 aromatic rings. The van der Waals surface area contributed by atoms with Gasteiger partial charge in [-0.05, 0) is 17.2 Å². The van der Waals surface area contributed by atoms with Gasteiger partial charge in [0.1, 0.15) is 11.6 Å². The van der Waals surface area contributed by atoms with Crippen LogP contribution in [-0.2, 0) is 0 Å². The third-order valence-corrected chi connectivity index (χ3v) is 4.49. The van der Waals surface area contributed by atoms with E-state index >= 15 is 0 Å². The summed E-state index contributed by atoms with van der Waals surface area (Å²) in [5.74, 6) is 0.665. The molecule has 12 nitrogen and oxygen atoms in total. The van der Waals surface area contributed by atoms with Crippen LogP contribution >= 0.6 is 0 Å². The largest absolute Gasteiger partial charge is 0.382 e. The molecule has 152 valence electrons. The number of hydrogen-bond acceptors (Lipinski definition) is 10. The Hall–Kier alpha value is -4.48. The lowest BCUT2D eigenvalue weighted by Crippen LogP contribution is -2.21. The molecule has 0 saturated carbocycles. The molecule has 0 aliphatic heterocycles. The lowest BCUT2D eigenvalue weighted by molar-refractivity contribution is 0.512. The number of benzene rings is 1. The molecule has 1 aliphatic carbocycles. The predicted octanol–water partition coefficient (Wildman–Crippen LogP) is 3.07. The first-order chi connectivity index (χ1) is 14.5. The molecule has 0 radical (unpaired) electrons. The van der Waals surface area contributed by atoms with E-state index in [1.165, 1.54) is 0 Å². The summed E-state index contributed by atoms with van der Waals surface area (Å²) in [6.45, 7) is 0. The fraction of sp³-hybridized carbons (Fsp3) is 0.111. The number of hydrogen-bond donors (Lipinski definition) is 6. The van der Waals surface area contributed by atoms with Gasteiger partial charge in [0.25, 0.3) is 0 Å². The van der Waals surface area contributed by atoms with E-state index < -0.39 is 5.66 Å². The summed E-state index contributed by atoms with van der Waals surface area (Å²) in [6.07, 6.45) is 6.08. The Labute approximate surface area is 170 Å². The molecule has 4 rings (SSSR count). The van der Waals surface area contributed by atoms with Gasteiger partial charge in [0.05, 0.1) is 0 Å². The van der Waals surface area contributed by atoms with Crippen molar-refractivity contribution in [3.8, 4) is 0 Å². The number of aromatic amines is 2. The summed E-state index contributed by atoms with van der Waals surface area (Å²) in [5, 5.41) is 29.8. The number of rotatable bonds is 5. The summed E-state index contributed by atoms with van der Waals surface area (Å²) >= 11 is 0. The van der Waals surface area contributed by atoms with Crippen LogP contribution in [0.5, 0.6) is 0 Å². The Morgan fingerprint density at radius 3 is 1.83 bits per heavy atom. The van der Waals surface area contributed by atoms with Crippen LogP contribution in [0.3, 0.4) is 0 Å². The highest BCUT2D eigenvalue weighted by molar-refractivity contribution is 5.75. The van der Waals surface area contributed by atoms with E-state index in [1.54, 1.807) is 6.08 Å². The molecule has 2 aromatic heterocycles. The van der Waals surface area contributed by atoms with E-state index in [9.17, 15) is 0 Å². The summed E-state index contributed by atoms with van der Waals surface area (Å²) in [5.41, 5.74) is 24.6. The van der Waals surface area contributed by atoms with E-state index in [1.807, 2.05) is 42.5 Å². The highest BCUT2D eigenvalue weighted by Gasteiger charge is 2.29. The van der Waals surface area contributed by atoms with Gasteiger partial charge in [-0.1, -0.05) is 42.5 Å². The quantitative estimate of drug-likeness (QED) is 0.351. The lowest BCUT2D eigenvalue weighted by Gasteiger charge is -2.21. The molecule has 0 saturated heterocycles. The number of nitrogen functional groups attached to an aromatic ring is 4. The number of aromatic nitrogens is 4. The maximum Gasteiger partial charge on any atom is 0.213 e. The van der Waals surface area contributed by atoms with Gasteiger partial charge in [-0.25, -0.2) is 0 Å².